The van der Waals surface area contributed by atoms with Gasteiger partial charge in [0.2, 0.25) is 0 Å². The van der Waals surface area contributed by atoms with Gasteiger partial charge in [0, 0.05) is 23.4 Å². The zero-order chi connectivity index (χ0) is 14.5. The molecule has 0 saturated heterocycles. The van der Waals surface area contributed by atoms with Crippen LogP contribution in [0.25, 0.3) is 0 Å². The average molecular weight is 326 g/mol. The highest BCUT2D eigenvalue weighted by Crippen LogP contribution is 2.32. The standard InChI is InChI=1S/C12H17Cl2NO3S/c1-3-15-8-9-6-10(13)7-11(14)12(9)18-4-5-19(2,16)17/h6-7,15H,3-5,8H2,1-2H3. The quantitative estimate of drug-likeness (QED) is 0.837. The number of ether oxygens (including phenoxy) is 1. The third-order valence-corrected chi connectivity index (χ3v) is 3.76. The molecule has 0 fully saturated rings. The molecule has 0 aliphatic rings. The molecule has 1 N–H and O–H groups in total. The zero-order valence-corrected chi connectivity index (χ0v) is 13.2. The van der Waals surface area contributed by atoms with Crippen molar-refractivity contribution < 1.29 is 13.2 Å². The van der Waals surface area contributed by atoms with Gasteiger partial charge in [0.05, 0.1) is 10.8 Å². The lowest BCUT2D eigenvalue weighted by molar-refractivity contribution is 0.336. The van der Waals surface area contributed by atoms with Gasteiger partial charge in [0.25, 0.3) is 0 Å². The molecule has 19 heavy (non-hydrogen) atoms. The van der Waals surface area contributed by atoms with Crippen molar-refractivity contribution in [1.82, 2.24) is 5.32 Å². The molecule has 108 valence electrons. The maximum Gasteiger partial charge on any atom is 0.150 e. The Morgan fingerprint density at radius 3 is 2.58 bits per heavy atom. The molecule has 0 atom stereocenters. The van der Waals surface area contributed by atoms with Crippen molar-refractivity contribution >= 4 is 33.0 Å². The monoisotopic (exact) mass is 325 g/mol. The van der Waals surface area contributed by atoms with E-state index >= 15 is 0 Å². The van der Waals surface area contributed by atoms with Gasteiger partial charge in [-0.2, -0.15) is 0 Å². The molecular weight excluding hydrogens is 309 g/mol. The predicted octanol–water partition coefficient (Wildman–Crippen LogP) is 2.53. The summed E-state index contributed by atoms with van der Waals surface area (Å²) < 4.78 is 27.6. The van der Waals surface area contributed by atoms with Crippen molar-refractivity contribution in [3.05, 3.63) is 27.7 Å². The lowest BCUT2D eigenvalue weighted by atomic mass is 10.2. The van der Waals surface area contributed by atoms with Crippen molar-refractivity contribution in [2.24, 2.45) is 0 Å². The average Bonchev–Trinajstić information content (AvgIpc) is 2.27. The fourth-order valence-electron chi connectivity index (χ4n) is 1.46. The van der Waals surface area contributed by atoms with E-state index < -0.39 is 9.84 Å². The summed E-state index contributed by atoms with van der Waals surface area (Å²) in [5.41, 5.74) is 0.813. The van der Waals surface area contributed by atoms with E-state index in [0.29, 0.717) is 22.3 Å². The minimum absolute atomic E-state index is 0.0490. The van der Waals surface area contributed by atoms with Crippen LogP contribution in [0.3, 0.4) is 0 Å². The van der Waals surface area contributed by atoms with E-state index in [9.17, 15) is 8.42 Å². The van der Waals surface area contributed by atoms with Crippen LogP contribution in [0.4, 0.5) is 0 Å². The van der Waals surface area contributed by atoms with Crippen LogP contribution in [0.1, 0.15) is 12.5 Å². The molecule has 0 unspecified atom stereocenters. The van der Waals surface area contributed by atoms with Crippen LogP contribution < -0.4 is 10.1 Å². The van der Waals surface area contributed by atoms with E-state index in [4.69, 9.17) is 27.9 Å². The highest BCUT2D eigenvalue weighted by Gasteiger charge is 2.12. The Balaban J connectivity index is 2.84. The van der Waals surface area contributed by atoms with Gasteiger partial charge in [-0.15, -0.1) is 0 Å². The van der Waals surface area contributed by atoms with Gasteiger partial charge in [-0.3, -0.25) is 0 Å². The molecule has 1 aromatic rings. The Bertz CT molecular complexity index is 532. The van der Waals surface area contributed by atoms with Crippen molar-refractivity contribution in [2.75, 3.05) is 25.2 Å². The summed E-state index contributed by atoms with van der Waals surface area (Å²) in [5, 5.41) is 4.06. The van der Waals surface area contributed by atoms with Crippen molar-refractivity contribution in [2.45, 2.75) is 13.5 Å². The van der Waals surface area contributed by atoms with E-state index in [1.165, 1.54) is 6.26 Å². The second-order valence-electron chi connectivity index (χ2n) is 4.13. The van der Waals surface area contributed by atoms with Gasteiger partial charge in [-0.1, -0.05) is 30.1 Å². The number of nitrogens with one attached hydrogen (secondary N) is 1. The molecule has 7 heteroatoms. The molecule has 0 aliphatic heterocycles. The van der Waals surface area contributed by atoms with Gasteiger partial charge >= 0.3 is 0 Å². The summed E-state index contributed by atoms with van der Waals surface area (Å²) in [5.74, 6) is 0.433. The third kappa shape index (κ3) is 5.99. The molecule has 0 heterocycles. The highest BCUT2D eigenvalue weighted by molar-refractivity contribution is 7.90. The summed E-state index contributed by atoms with van der Waals surface area (Å²) in [7, 11) is -3.05. The van der Waals surface area contributed by atoms with Crippen LogP contribution in [-0.4, -0.2) is 33.6 Å². The molecule has 0 saturated carbocycles. The van der Waals surface area contributed by atoms with Crippen LogP contribution in [0.2, 0.25) is 10.0 Å². The maximum absolute atomic E-state index is 11.1. The fraction of sp³-hybridized carbons (Fsp3) is 0.500. The van der Waals surface area contributed by atoms with Crippen LogP contribution >= 0.6 is 23.2 Å². The van der Waals surface area contributed by atoms with Crippen LogP contribution in [0.15, 0.2) is 12.1 Å². The molecule has 0 aliphatic carbocycles. The van der Waals surface area contributed by atoms with Crippen LogP contribution in [0.5, 0.6) is 5.75 Å². The molecule has 1 aromatic carbocycles. The van der Waals surface area contributed by atoms with Gasteiger partial charge in [-0.25, -0.2) is 8.42 Å². The van der Waals surface area contributed by atoms with E-state index in [1.807, 2.05) is 6.92 Å². The molecule has 0 bridgehead atoms. The summed E-state index contributed by atoms with van der Waals surface area (Å²) in [4.78, 5) is 0. The summed E-state index contributed by atoms with van der Waals surface area (Å²) in [6.45, 7) is 3.41. The van der Waals surface area contributed by atoms with Crippen LogP contribution in [0, 0.1) is 0 Å². The first-order chi connectivity index (χ1) is 8.83. The lowest BCUT2D eigenvalue weighted by Crippen LogP contribution is -2.16. The Morgan fingerprint density at radius 2 is 2.00 bits per heavy atom. The number of benzene rings is 1. The second kappa shape index (κ2) is 7.33. The minimum atomic E-state index is -3.05. The molecule has 0 radical (unpaired) electrons. The Kier molecular flexibility index (Phi) is 6.39. The number of hydrogen-bond acceptors (Lipinski definition) is 4. The second-order valence-corrected chi connectivity index (χ2v) is 7.24. The smallest absolute Gasteiger partial charge is 0.150 e. The zero-order valence-electron chi connectivity index (χ0n) is 10.9. The first-order valence-corrected chi connectivity index (χ1v) is 8.64. The summed E-state index contributed by atoms with van der Waals surface area (Å²) >= 11 is 12.0. The van der Waals surface area contributed by atoms with Crippen molar-refractivity contribution in [1.29, 1.82) is 0 Å². The lowest BCUT2D eigenvalue weighted by Gasteiger charge is -2.14. The normalized spacial score (nSPS) is 11.6. The minimum Gasteiger partial charge on any atom is -0.491 e. The SMILES string of the molecule is CCNCc1cc(Cl)cc(Cl)c1OCCS(C)(=O)=O. The van der Waals surface area contributed by atoms with Gasteiger partial charge in [0.1, 0.15) is 12.4 Å². The fourth-order valence-corrected chi connectivity index (χ4v) is 2.44. The molecule has 4 nitrogen and oxygen atoms in total. The number of sulfone groups is 1. The first kappa shape index (κ1) is 16.6. The van der Waals surface area contributed by atoms with E-state index in [2.05, 4.69) is 5.32 Å². The molecule has 0 amide bonds. The Hall–Kier alpha value is -0.490. The van der Waals surface area contributed by atoms with Crippen molar-refractivity contribution in [3.8, 4) is 5.75 Å². The predicted molar refractivity (Wildman–Crippen MR) is 79.0 cm³/mol. The largest absolute Gasteiger partial charge is 0.491 e. The molecular formula is C12H17Cl2NO3S. The Morgan fingerprint density at radius 1 is 1.32 bits per heavy atom. The van der Waals surface area contributed by atoms with E-state index in [1.54, 1.807) is 12.1 Å². The van der Waals surface area contributed by atoms with Gasteiger partial charge in [-0.05, 0) is 18.7 Å². The highest BCUT2D eigenvalue weighted by atomic mass is 35.5. The Labute approximate surface area is 124 Å². The summed E-state index contributed by atoms with van der Waals surface area (Å²) in [6.07, 6.45) is 1.17. The van der Waals surface area contributed by atoms with Gasteiger partial charge in [0.15, 0.2) is 9.84 Å². The maximum atomic E-state index is 11.1. The number of hydrogen-bond donors (Lipinski definition) is 1. The topological polar surface area (TPSA) is 55.4 Å². The molecule has 0 aromatic heterocycles. The molecule has 1 rings (SSSR count). The van der Waals surface area contributed by atoms with Crippen LogP contribution in [-0.2, 0) is 16.4 Å². The third-order valence-electron chi connectivity index (χ3n) is 2.35. The molecule has 0 spiro atoms. The van der Waals surface area contributed by atoms with E-state index in [-0.39, 0.29) is 12.4 Å². The number of rotatable bonds is 7. The van der Waals surface area contributed by atoms with Gasteiger partial charge < -0.3 is 10.1 Å². The number of halogens is 2. The van der Waals surface area contributed by atoms with E-state index in [0.717, 1.165) is 12.1 Å². The summed E-state index contributed by atoms with van der Waals surface area (Å²) in [6, 6.07) is 3.33. The first-order valence-electron chi connectivity index (χ1n) is 5.82. The van der Waals surface area contributed by atoms with Crippen molar-refractivity contribution in [3.63, 3.8) is 0 Å².